The number of hydrogen-bond acceptors (Lipinski definition) is 24. The predicted octanol–water partition coefficient (Wildman–Crippen LogP) is 17.5. The van der Waals surface area contributed by atoms with Gasteiger partial charge in [0.25, 0.3) is 17.1 Å². The van der Waals surface area contributed by atoms with Crippen LogP contribution in [0.25, 0.3) is 0 Å². The number of nitro groups is 3. The quantitative estimate of drug-likeness (QED) is 0.0112. The van der Waals surface area contributed by atoms with Gasteiger partial charge in [-0.05, 0) is 146 Å². The summed E-state index contributed by atoms with van der Waals surface area (Å²) in [7, 11) is 0. The minimum absolute atomic E-state index is 0.158. The summed E-state index contributed by atoms with van der Waals surface area (Å²) in [4.78, 5) is 40.2. The predicted molar refractivity (Wildman–Crippen MR) is 417 cm³/mol. The van der Waals surface area contributed by atoms with E-state index in [9.17, 15) is 30.3 Å². The van der Waals surface area contributed by atoms with Gasteiger partial charge in [0, 0.05) is 128 Å². The van der Waals surface area contributed by atoms with Crippen LogP contribution in [0.2, 0.25) is 0 Å². The lowest BCUT2D eigenvalue weighted by molar-refractivity contribution is -0.385. The Bertz CT molecular complexity index is 4180. The van der Waals surface area contributed by atoms with Crippen molar-refractivity contribution in [3.63, 3.8) is 0 Å². The van der Waals surface area contributed by atoms with E-state index >= 15 is 0 Å². The van der Waals surface area contributed by atoms with E-state index in [1.165, 1.54) is 54.6 Å². The van der Waals surface area contributed by atoms with E-state index in [-0.39, 0.29) is 54.1 Å². The number of ether oxygens (including phenoxy) is 3. The van der Waals surface area contributed by atoms with Crippen molar-refractivity contribution < 1.29 is 29.0 Å². The summed E-state index contributed by atoms with van der Waals surface area (Å²) in [6.45, 7) is 5.33. The molecule has 0 atom stereocenters. The zero-order valence-corrected chi connectivity index (χ0v) is 62.9. The number of benzene rings is 7. The Hall–Kier alpha value is -10.5. The van der Waals surface area contributed by atoms with Crippen LogP contribution in [0.1, 0.15) is 53.0 Å². The first-order chi connectivity index (χ1) is 52.7. The van der Waals surface area contributed by atoms with Crippen molar-refractivity contribution in [2.24, 2.45) is 30.7 Å². The number of azo groups is 3. The van der Waals surface area contributed by atoms with E-state index in [1.54, 1.807) is 14.0 Å². The molecular formula is C72H75Cl6N21O9. The van der Waals surface area contributed by atoms with Gasteiger partial charge in [-0.1, -0.05) is 33.8 Å². The number of nitrogens with zero attached hydrogens (tertiary/aromatic N) is 21. The molecule has 0 spiro atoms. The Morgan fingerprint density at radius 3 is 0.852 bits per heavy atom. The SMILES string of the molecule is O=[N+]([O-])c1ccc(N=Nc2ccc(N(CCCl)CCCl)cc2)c(OCCCc2cn(Cc3cc(Cn4cc(CCCOc5cc([N+](=O)[O-])ccc5N=Nc5ccc(N(CCCl)CCCl)cc5)nn4)cc(Cn4cc(CCCOc5cc([N+](=O)[O-])ccc5N=Nc5ccc(N(CCCl)CCCl)cc5)nn4)c3)nn2)c1. The second kappa shape index (κ2) is 41.6. The molecule has 3 heterocycles. The maximum Gasteiger partial charge on any atom is 0.273 e. The molecule has 0 aliphatic carbocycles. The Kier molecular flexibility index (Phi) is 30.8. The molecular weight excluding hydrogens is 1520 g/mol. The molecule has 0 saturated heterocycles. The lowest BCUT2D eigenvalue weighted by Crippen LogP contribution is -2.27. The van der Waals surface area contributed by atoms with Crippen LogP contribution in [0.5, 0.6) is 17.2 Å². The van der Waals surface area contributed by atoms with Crippen LogP contribution in [-0.4, -0.2) is 154 Å². The highest BCUT2D eigenvalue weighted by atomic mass is 35.5. The molecule has 0 fully saturated rings. The molecule has 0 radical (unpaired) electrons. The Labute approximate surface area is 651 Å². The number of aryl methyl sites for hydroxylation is 3. The zero-order valence-electron chi connectivity index (χ0n) is 58.4. The molecule has 10 aromatic rings. The summed E-state index contributed by atoms with van der Waals surface area (Å²) in [5.74, 6) is 3.25. The van der Waals surface area contributed by atoms with Crippen molar-refractivity contribution in [2.75, 3.05) is 109 Å². The van der Waals surface area contributed by atoms with E-state index in [0.717, 1.165) is 33.8 Å². The molecule has 0 amide bonds. The molecule has 3 aromatic heterocycles. The number of rotatable bonds is 45. The number of nitro benzene ring substituents is 3. The standard InChI is InChI=1S/C72H75Cl6N21O9/c73-25-31-91(32-26-74)61-13-7-55(8-14-61)79-85-67-22-19-64(97(100)101)43-70(67)106-37-1-4-58-49-94(88-82-58)46-52-40-53(47-95-50-59(83-89-95)5-2-38-107-71-44-65(98(102)103)20-23-68(71)86-80-56-9-15-62(16-10-56)92(33-27-75)34-28-76)42-54(41-52)48-96-51-60(84-90-96)6-3-39-108-72-45-66(99(104)105)21-24-69(72)87-81-57-11-17-63(18-12-57)93(35-29-77)36-30-78/h7-24,40-45,49-51H,1-6,25-39,46-48H2. The minimum atomic E-state index is -0.499. The van der Waals surface area contributed by atoms with E-state index in [0.29, 0.717) is 184 Å². The van der Waals surface area contributed by atoms with Crippen molar-refractivity contribution in [1.29, 1.82) is 0 Å². The smallest absolute Gasteiger partial charge is 0.273 e. The molecule has 36 heteroatoms. The fourth-order valence-electron chi connectivity index (χ4n) is 11.3. The summed E-state index contributed by atoms with van der Waals surface area (Å²) in [6.07, 6.45) is 8.46. The molecule has 10 rings (SSSR count). The van der Waals surface area contributed by atoms with Gasteiger partial charge in [0.2, 0.25) is 0 Å². The highest BCUT2D eigenvalue weighted by Gasteiger charge is 2.19. The maximum atomic E-state index is 11.8. The topological polar surface area (TPSA) is 333 Å². The van der Waals surface area contributed by atoms with Gasteiger partial charge in [-0.15, -0.1) is 100 Å². The van der Waals surface area contributed by atoms with Gasteiger partial charge in [0.1, 0.15) is 17.1 Å². The van der Waals surface area contributed by atoms with Crippen molar-refractivity contribution in [2.45, 2.75) is 58.2 Å². The third-order valence-corrected chi connectivity index (χ3v) is 17.5. The number of anilines is 3. The average Bonchev–Trinajstić information content (AvgIpc) is 1.56. The summed E-state index contributed by atoms with van der Waals surface area (Å²) in [5, 5.41) is 88.6. The molecule has 7 aromatic carbocycles. The lowest BCUT2D eigenvalue weighted by atomic mass is 10.1. The summed E-state index contributed by atoms with van der Waals surface area (Å²) < 4.78 is 23.6. The van der Waals surface area contributed by atoms with Gasteiger partial charge < -0.3 is 28.9 Å². The molecule has 108 heavy (non-hydrogen) atoms. The molecule has 0 aliphatic rings. The third-order valence-electron chi connectivity index (χ3n) is 16.5. The van der Waals surface area contributed by atoms with Gasteiger partial charge in [-0.3, -0.25) is 30.3 Å². The van der Waals surface area contributed by atoms with Crippen molar-refractivity contribution in [3.8, 4) is 17.2 Å². The largest absolute Gasteiger partial charge is 0.491 e. The first kappa shape index (κ1) is 80.0. The number of aromatic nitrogens is 9. The number of hydrogen-bond donors (Lipinski definition) is 0. The zero-order chi connectivity index (χ0) is 76.0. The third kappa shape index (κ3) is 24.3. The molecule has 0 bridgehead atoms. The van der Waals surface area contributed by atoms with Crippen LogP contribution in [0.4, 0.5) is 68.2 Å². The molecule has 0 saturated carbocycles. The first-order valence-electron chi connectivity index (χ1n) is 34.3. The van der Waals surface area contributed by atoms with Crippen LogP contribution in [0, 0.1) is 30.3 Å². The second-order valence-electron chi connectivity index (χ2n) is 24.2. The van der Waals surface area contributed by atoms with Gasteiger partial charge in [0.05, 0.1) is 107 Å². The fourth-order valence-corrected chi connectivity index (χ4v) is 12.5. The molecule has 0 N–H and O–H groups in total. The van der Waals surface area contributed by atoms with Crippen LogP contribution >= 0.6 is 69.6 Å². The van der Waals surface area contributed by atoms with Gasteiger partial charge in [0.15, 0.2) is 17.2 Å². The Morgan fingerprint density at radius 1 is 0.352 bits per heavy atom. The van der Waals surface area contributed by atoms with E-state index in [4.69, 9.17) is 83.8 Å². The van der Waals surface area contributed by atoms with Crippen LogP contribution in [0.15, 0.2) is 195 Å². The van der Waals surface area contributed by atoms with Crippen molar-refractivity contribution in [1.82, 2.24) is 45.0 Å². The van der Waals surface area contributed by atoms with Crippen molar-refractivity contribution in [3.05, 3.63) is 228 Å². The minimum Gasteiger partial charge on any atom is -0.491 e. The molecule has 30 nitrogen and oxygen atoms in total. The number of non-ortho nitro benzene ring substituents is 3. The average molecular weight is 1590 g/mol. The van der Waals surface area contributed by atoms with Crippen molar-refractivity contribution >= 4 is 138 Å². The van der Waals surface area contributed by atoms with E-state index in [1.807, 2.05) is 91.4 Å². The summed E-state index contributed by atoms with van der Waals surface area (Å²) in [5.41, 5.74) is 9.75. The van der Waals surface area contributed by atoms with Gasteiger partial charge in [-0.25, -0.2) is 14.0 Å². The molecule has 0 aliphatic heterocycles. The highest BCUT2D eigenvalue weighted by Crippen LogP contribution is 2.37. The Morgan fingerprint density at radius 2 is 0.611 bits per heavy atom. The summed E-state index contributed by atoms with van der Waals surface area (Å²) in [6, 6.07) is 41.0. The maximum absolute atomic E-state index is 11.8. The Balaban J connectivity index is 0.792. The normalized spacial score (nSPS) is 11.5. The monoisotopic (exact) mass is 1590 g/mol. The molecule has 0 unspecified atom stereocenters. The number of halogens is 6. The fraction of sp³-hybridized carbons (Fsp3) is 0.333. The number of alkyl halides is 6. The van der Waals surface area contributed by atoms with Crippen LogP contribution in [0.3, 0.4) is 0 Å². The van der Waals surface area contributed by atoms with Crippen LogP contribution < -0.4 is 28.9 Å². The summed E-state index contributed by atoms with van der Waals surface area (Å²) >= 11 is 36.1. The first-order valence-corrected chi connectivity index (χ1v) is 37.6. The highest BCUT2D eigenvalue weighted by molar-refractivity contribution is 6.19. The van der Waals surface area contributed by atoms with E-state index < -0.39 is 14.8 Å². The molecule has 564 valence electrons. The van der Waals surface area contributed by atoms with Crippen LogP contribution in [-0.2, 0) is 38.9 Å². The van der Waals surface area contributed by atoms with Gasteiger partial charge >= 0.3 is 0 Å². The van der Waals surface area contributed by atoms with Gasteiger partial charge in [-0.2, -0.15) is 15.3 Å². The van der Waals surface area contributed by atoms with E-state index in [2.05, 4.69) is 94.5 Å². The second-order valence-corrected chi connectivity index (χ2v) is 26.5. The lowest BCUT2D eigenvalue weighted by Gasteiger charge is -2.22.